The molecule has 1 aliphatic rings. The Kier molecular flexibility index (Phi) is 5.18. The number of benzene rings is 2. The molecule has 0 N–H and O–H groups in total. The van der Waals surface area contributed by atoms with E-state index in [0.29, 0.717) is 16.8 Å². The van der Waals surface area contributed by atoms with Crippen molar-refractivity contribution in [2.24, 2.45) is 7.05 Å². The summed E-state index contributed by atoms with van der Waals surface area (Å²) < 4.78 is 43.1. The summed E-state index contributed by atoms with van der Waals surface area (Å²) in [5.41, 5.74) is 1.81. The number of hydrogen-bond acceptors (Lipinski definition) is 4. The highest BCUT2D eigenvalue weighted by Gasteiger charge is 2.26. The van der Waals surface area contributed by atoms with Gasteiger partial charge in [0.15, 0.2) is 0 Å². The monoisotopic (exact) mass is 428 g/mol. The van der Waals surface area contributed by atoms with Gasteiger partial charge in [-0.3, -0.25) is 4.79 Å². The third-order valence-corrected chi connectivity index (χ3v) is 7.74. The normalized spacial score (nSPS) is 15.0. The molecule has 1 aliphatic heterocycles. The minimum absolute atomic E-state index is 0.0709. The van der Waals surface area contributed by atoms with Crippen molar-refractivity contribution in [3.63, 3.8) is 0 Å². The number of nitrogens with zero attached hydrogens (tertiary/aromatic N) is 2. The first-order chi connectivity index (χ1) is 14.2. The van der Waals surface area contributed by atoms with Crippen molar-refractivity contribution >= 4 is 26.4 Å². The number of hydrogen-bond donors (Lipinski definition) is 0. The molecule has 0 atom stereocenters. The molecule has 7 heteroatoms. The van der Waals surface area contributed by atoms with E-state index in [9.17, 15) is 17.6 Å². The van der Waals surface area contributed by atoms with Crippen LogP contribution >= 0.6 is 0 Å². The van der Waals surface area contributed by atoms with Gasteiger partial charge in [-0.1, -0.05) is 17.7 Å². The maximum absolute atomic E-state index is 14.9. The van der Waals surface area contributed by atoms with Gasteiger partial charge >= 0.3 is 0 Å². The van der Waals surface area contributed by atoms with E-state index in [2.05, 4.69) is 0 Å². The molecule has 4 rings (SSSR count). The number of sulfone groups is 1. The van der Waals surface area contributed by atoms with Gasteiger partial charge in [-0.2, -0.15) is 0 Å². The molecule has 1 aromatic heterocycles. The number of halogens is 1. The molecule has 2 heterocycles. The van der Waals surface area contributed by atoms with E-state index < -0.39 is 21.1 Å². The van der Waals surface area contributed by atoms with Crippen molar-refractivity contribution in [2.45, 2.75) is 42.9 Å². The van der Waals surface area contributed by atoms with Gasteiger partial charge in [0.05, 0.1) is 21.5 Å². The summed E-state index contributed by atoms with van der Waals surface area (Å²) in [4.78, 5) is 14.9. The smallest absolute Gasteiger partial charge is 0.212 e. The lowest BCUT2D eigenvalue weighted by molar-refractivity contribution is 0.557. The van der Waals surface area contributed by atoms with E-state index in [-0.39, 0.29) is 15.2 Å². The molecule has 1 saturated heterocycles. The first kappa shape index (κ1) is 20.6. The van der Waals surface area contributed by atoms with Gasteiger partial charge < -0.3 is 9.47 Å². The zero-order valence-electron chi connectivity index (χ0n) is 17.4. The Morgan fingerprint density at radius 3 is 2.33 bits per heavy atom. The lowest BCUT2D eigenvalue weighted by atomic mass is 10.1. The standard InChI is InChI=1S/C23H25FN2O3S/c1-15-7-8-21(16(2)11-15)30(28,29)22-14-25(3)19-13-20(26-9-5-4-6-10-26)18(24)12-17(19)23(22)27/h7-8,11-14H,4-6,9-10H2,1-3H3. The Hall–Kier alpha value is -2.67. The molecule has 3 aromatic rings. The summed E-state index contributed by atoms with van der Waals surface area (Å²) in [6.07, 6.45) is 4.48. The molecular formula is C23H25FN2O3S. The second-order valence-electron chi connectivity index (χ2n) is 8.07. The van der Waals surface area contributed by atoms with Crippen LogP contribution in [0.5, 0.6) is 0 Å². The number of aryl methyl sites for hydroxylation is 3. The van der Waals surface area contributed by atoms with Crippen LogP contribution < -0.4 is 10.3 Å². The summed E-state index contributed by atoms with van der Waals surface area (Å²) in [6, 6.07) is 7.83. The van der Waals surface area contributed by atoms with E-state index >= 15 is 0 Å². The summed E-state index contributed by atoms with van der Waals surface area (Å²) in [5, 5.41) is 0.0709. The van der Waals surface area contributed by atoms with E-state index in [1.54, 1.807) is 36.7 Å². The number of aromatic nitrogens is 1. The van der Waals surface area contributed by atoms with Crippen LogP contribution in [0.15, 0.2) is 51.1 Å². The Balaban J connectivity index is 1.91. The molecule has 0 unspecified atom stereocenters. The first-order valence-corrected chi connectivity index (χ1v) is 11.6. The number of pyridine rings is 1. The summed E-state index contributed by atoms with van der Waals surface area (Å²) >= 11 is 0. The summed E-state index contributed by atoms with van der Waals surface area (Å²) in [7, 11) is -2.36. The number of piperidine rings is 1. The van der Waals surface area contributed by atoms with Crippen molar-refractivity contribution in [1.29, 1.82) is 0 Å². The van der Waals surface area contributed by atoms with Gasteiger partial charge in [-0.05, 0) is 56.9 Å². The van der Waals surface area contributed by atoms with Crippen molar-refractivity contribution in [3.8, 4) is 0 Å². The van der Waals surface area contributed by atoms with Gasteiger partial charge in [0.25, 0.3) is 0 Å². The lowest BCUT2D eigenvalue weighted by Crippen LogP contribution is -2.30. The van der Waals surface area contributed by atoms with Crippen molar-refractivity contribution in [2.75, 3.05) is 18.0 Å². The fraction of sp³-hybridized carbons (Fsp3) is 0.348. The average Bonchev–Trinajstić information content (AvgIpc) is 2.70. The van der Waals surface area contributed by atoms with Crippen LogP contribution in [0.25, 0.3) is 10.9 Å². The van der Waals surface area contributed by atoms with E-state index in [1.807, 2.05) is 11.8 Å². The van der Waals surface area contributed by atoms with Crippen LogP contribution in [0.4, 0.5) is 10.1 Å². The number of fused-ring (bicyclic) bond motifs is 1. The van der Waals surface area contributed by atoms with E-state index in [0.717, 1.165) is 37.9 Å². The topological polar surface area (TPSA) is 59.4 Å². The predicted octanol–water partition coefficient (Wildman–Crippen LogP) is 4.12. The number of anilines is 1. The molecular weight excluding hydrogens is 403 g/mol. The van der Waals surface area contributed by atoms with Crippen LogP contribution in [0, 0.1) is 19.7 Å². The second kappa shape index (κ2) is 7.54. The van der Waals surface area contributed by atoms with Gasteiger partial charge in [0, 0.05) is 26.3 Å². The predicted molar refractivity (Wildman–Crippen MR) is 117 cm³/mol. The number of rotatable bonds is 3. The molecule has 30 heavy (non-hydrogen) atoms. The van der Waals surface area contributed by atoms with Crippen LogP contribution in [0.1, 0.15) is 30.4 Å². The third-order valence-electron chi connectivity index (χ3n) is 5.83. The van der Waals surface area contributed by atoms with Crippen molar-refractivity contribution in [1.82, 2.24) is 4.57 Å². The lowest BCUT2D eigenvalue weighted by Gasteiger charge is -2.29. The fourth-order valence-corrected chi connectivity index (χ4v) is 5.87. The zero-order valence-corrected chi connectivity index (χ0v) is 18.2. The average molecular weight is 429 g/mol. The summed E-state index contributed by atoms with van der Waals surface area (Å²) in [5.74, 6) is -0.498. The fourth-order valence-electron chi connectivity index (χ4n) is 4.25. The molecule has 0 radical (unpaired) electrons. The van der Waals surface area contributed by atoms with Crippen LogP contribution in [-0.4, -0.2) is 26.1 Å². The van der Waals surface area contributed by atoms with E-state index in [4.69, 9.17) is 0 Å². The van der Waals surface area contributed by atoms with Crippen LogP contribution in [0.2, 0.25) is 0 Å². The maximum atomic E-state index is 14.9. The molecule has 2 aromatic carbocycles. The zero-order chi connectivity index (χ0) is 21.6. The second-order valence-corrected chi connectivity index (χ2v) is 9.96. The highest BCUT2D eigenvalue weighted by atomic mass is 32.2. The van der Waals surface area contributed by atoms with Gasteiger partial charge in [-0.15, -0.1) is 0 Å². The quantitative estimate of drug-likeness (QED) is 0.630. The van der Waals surface area contributed by atoms with Crippen LogP contribution in [-0.2, 0) is 16.9 Å². The van der Waals surface area contributed by atoms with Gasteiger partial charge in [-0.25, -0.2) is 12.8 Å². The Bertz CT molecular complexity index is 1310. The largest absolute Gasteiger partial charge is 0.369 e. The Labute approximate surface area is 175 Å². The van der Waals surface area contributed by atoms with Crippen LogP contribution in [0.3, 0.4) is 0 Å². The maximum Gasteiger partial charge on any atom is 0.212 e. The Morgan fingerprint density at radius 1 is 0.967 bits per heavy atom. The Morgan fingerprint density at radius 2 is 1.67 bits per heavy atom. The van der Waals surface area contributed by atoms with Crippen molar-refractivity contribution in [3.05, 3.63) is 63.7 Å². The molecule has 158 valence electrons. The van der Waals surface area contributed by atoms with Gasteiger partial charge in [0.1, 0.15) is 10.7 Å². The molecule has 0 spiro atoms. The SMILES string of the molecule is Cc1ccc(S(=O)(=O)c2cn(C)c3cc(N4CCCCC4)c(F)cc3c2=O)c(C)c1. The molecule has 0 bridgehead atoms. The molecule has 0 aliphatic carbocycles. The molecule has 0 saturated carbocycles. The summed E-state index contributed by atoms with van der Waals surface area (Å²) in [6.45, 7) is 5.13. The van der Waals surface area contributed by atoms with E-state index in [1.165, 1.54) is 18.3 Å². The molecule has 0 amide bonds. The minimum atomic E-state index is -4.04. The highest BCUT2D eigenvalue weighted by molar-refractivity contribution is 7.91. The molecule has 5 nitrogen and oxygen atoms in total. The third kappa shape index (κ3) is 3.41. The van der Waals surface area contributed by atoms with Gasteiger partial charge in [0.2, 0.25) is 15.3 Å². The minimum Gasteiger partial charge on any atom is -0.369 e. The van der Waals surface area contributed by atoms with Crippen molar-refractivity contribution < 1.29 is 12.8 Å². The highest BCUT2D eigenvalue weighted by Crippen LogP contribution is 2.29. The first-order valence-electron chi connectivity index (χ1n) is 10.1. The molecule has 1 fully saturated rings.